The molecule has 2 aliphatic rings. The van der Waals surface area contributed by atoms with E-state index in [0.717, 1.165) is 14.5 Å². The summed E-state index contributed by atoms with van der Waals surface area (Å²) in [5.74, 6) is 1.20. The van der Waals surface area contributed by atoms with Gasteiger partial charge in [0.2, 0.25) is 5.95 Å². The van der Waals surface area contributed by atoms with Crippen LogP contribution in [0.5, 0.6) is 5.75 Å². The first-order valence-corrected chi connectivity index (χ1v) is 8.70. The van der Waals surface area contributed by atoms with Crippen molar-refractivity contribution in [3.8, 4) is 17.1 Å². The Morgan fingerprint density at radius 2 is 1.96 bits per heavy atom. The van der Waals surface area contributed by atoms with Crippen LogP contribution in [0.4, 0.5) is 5.95 Å². The molecule has 8 heteroatoms. The number of imidazole rings is 1. The summed E-state index contributed by atoms with van der Waals surface area (Å²) in [5.41, 5.74) is 2.58. The van der Waals surface area contributed by atoms with Crippen molar-refractivity contribution in [3.63, 3.8) is 0 Å². The highest BCUT2D eigenvalue weighted by Gasteiger charge is 2.18. The van der Waals surface area contributed by atoms with Crippen LogP contribution in [0, 0.1) is 0 Å². The minimum Gasteiger partial charge on any atom is -0.494 e. The quantitative estimate of drug-likeness (QED) is 0.632. The number of fused-ring (bicyclic) bond motifs is 1. The van der Waals surface area contributed by atoms with E-state index in [1.54, 1.807) is 26.4 Å². The molecule has 0 saturated heterocycles. The largest absolute Gasteiger partial charge is 0.494 e. The number of methoxy groups -OCH3 is 1. The highest BCUT2D eigenvalue weighted by Crippen LogP contribution is 2.35. The average molecular weight is 454 g/mol. The van der Waals surface area contributed by atoms with Crippen LogP contribution in [0.1, 0.15) is 11.1 Å². The number of nitrogens with zero attached hydrogens (tertiary/aromatic N) is 2. The van der Waals surface area contributed by atoms with E-state index in [9.17, 15) is 4.79 Å². The van der Waals surface area contributed by atoms with Gasteiger partial charge in [0.1, 0.15) is 11.4 Å². The molecule has 24 heavy (non-hydrogen) atoms. The molecule has 0 bridgehead atoms. The summed E-state index contributed by atoms with van der Waals surface area (Å²) in [5, 5.41) is 2.90. The van der Waals surface area contributed by atoms with Gasteiger partial charge in [0.25, 0.3) is 5.56 Å². The number of benzene rings is 1. The number of hydrogen-bond acceptors (Lipinski definition) is 5. The van der Waals surface area contributed by atoms with E-state index in [0.29, 0.717) is 35.1 Å². The summed E-state index contributed by atoms with van der Waals surface area (Å²) < 4.78 is 6.94. The van der Waals surface area contributed by atoms with E-state index >= 15 is 0 Å². The van der Waals surface area contributed by atoms with E-state index in [4.69, 9.17) is 4.74 Å². The van der Waals surface area contributed by atoms with Crippen molar-refractivity contribution in [1.29, 1.82) is 0 Å². The predicted octanol–water partition coefficient (Wildman–Crippen LogP) is 3.44. The normalized spacial score (nSPS) is 10.8. The number of rotatable bonds is 4. The molecule has 2 heterocycles. The molecular weight excluding hydrogens is 440 g/mol. The summed E-state index contributed by atoms with van der Waals surface area (Å²) >= 11 is 6.97. The Labute approximate surface area is 155 Å². The Bertz CT molecular complexity index is 903. The van der Waals surface area contributed by atoms with Gasteiger partial charge in [-0.2, -0.15) is 0 Å². The monoisotopic (exact) mass is 452 g/mol. The molecule has 0 radical (unpaired) electrons. The zero-order valence-corrected chi connectivity index (χ0v) is 16.2. The van der Waals surface area contributed by atoms with Crippen LogP contribution in [0.3, 0.4) is 0 Å². The van der Waals surface area contributed by atoms with Crippen LogP contribution in [0.2, 0.25) is 0 Å². The second kappa shape index (κ2) is 6.90. The van der Waals surface area contributed by atoms with Gasteiger partial charge < -0.3 is 15.0 Å². The van der Waals surface area contributed by atoms with Gasteiger partial charge in [0, 0.05) is 25.2 Å². The third-order valence-electron chi connectivity index (χ3n) is 3.57. The van der Waals surface area contributed by atoms with Crippen molar-refractivity contribution >= 4 is 37.8 Å². The first-order chi connectivity index (χ1) is 11.5. The van der Waals surface area contributed by atoms with Gasteiger partial charge in [-0.15, -0.1) is 0 Å². The lowest BCUT2D eigenvalue weighted by atomic mass is 10.0. The van der Waals surface area contributed by atoms with Crippen LogP contribution in [-0.4, -0.2) is 29.1 Å². The average Bonchev–Trinajstić information content (AvgIpc) is 2.89. The third-order valence-corrected chi connectivity index (χ3v) is 4.75. The Balaban J connectivity index is 2.11. The molecule has 0 aromatic heterocycles. The van der Waals surface area contributed by atoms with Gasteiger partial charge in [-0.3, -0.25) is 4.79 Å². The molecule has 0 aliphatic carbocycles. The predicted molar refractivity (Wildman–Crippen MR) is 100 cm³/mol. The van der Waals surface area contributed by atoms with Crippen molar-refractivity contribution in [1.82, 2.24) is 15.0 Å². The maximum atomic E-state index is 12.4. The van der Waals surface area contributed by atoms with Crippen LogP contribution < -0.4 is 15.6 Å². The molecule has 0 amide bonds. The molecule has 6 nitrogen and oxygen atoms in total. The zero-order valence-electron chi connectivity index (χ0n) is 13.0. The highest BCUT2D eigenvalue weighted by atomic mass is 79.9. The maximum Gasteiger partial charge on any atom is 0.253 e. The van der Waals surface area contributed by atoms with E-state index in [-0.39, 0.29) is 5.56 Å². The van der Waals surface area contributed by atoms with Gasteiger partial charge in [0.05, 0.1) is 21.7 Å². The molecule has 3 rings (SSSR count). The molecule has 0 saturated carbocycles. The topological polar surface area (TPSA) is 79.9 Å². The number of aromatic nitrogens is 3. The number of nitrogens with one attached hydrogen (secondary N) is 2. The van der Waals surface area contributed by atoms with E-state index in [2.05, 4.69) is 52.1 Å². The fraction of sp³-hybridized carbons (Fsp3) is 0.188. The molecule has 2 aliphatic heterocycles. The summed E-state index contributed by atoms with van der Waals surface area (Å²) in [7, 11) is 3.35. The first kappa shape index (κ1) is 16.9. The molecular formula is C16H14Br2N4O2. The minimum absolute atomic E-state index is 0.185. The second-order valence-corrected chi connectivity index (χ2v) is 6.79. The Morgan fingerprint density at radius 3 is 2.58 bits per heavy atom. The summed E-state index contributed by atoms with van der Waals surface area (Å²) in [4.78, 5) is 23.9. The fourth-order valence-corrected chi connectivity index (χ4v) is 4.08. The third kappa shape index (κ3) is 3.16. The van der Waals surface area contributed by atoms with Crippen molar-refractivity contribution in [2.75, 3.05) is 19.5 Å². The SMILES string of the molecule is CNc1nc2cc[nH]c(=O)c(Cc3cc(Br)c(OC)c(Br)c3)c-2n1. The van der Waals surface area contributed by atoms with Crippen LogP contribution in [-0.2, 0) is 6.42 Å². The van der Waals surface area contributed by atoms with Crippen LogP contribution in [0.25, 0.3) is 11.4 Å². The number of halogens is 2. The molecule has 0 fully saturated rings. The van der Waals surface area contributed by atoms with Crippen molar-refractivity contribution in [2.24, 2.45) is 0 Å². The minimum atomic E-state index is -0.185. The van der Waals surface area contributed by atoms with E-state index < -0.39 is 0 Å². The highest BCUT2D eigenvalue weighted by molar-refractivity contribution is 9.11. The molecule has 0 atom stereocenters. The van der Waals surface area contributed by atoms with Crippen molar-refractivity contribution in [2.45, 2.75) is 6.42 Å². The van der Waals surface area contributed by atoms with Crippen molar-refractivity contribution in [3.05, 3.63) is 54.8 Å². The molecule has 1 aromatic carbocycles. The fourth-order valence-electron chi connectivity index (χ4n) is 2.47. The standard InChI is InChI=1S/C16H14Br2N4O2/c1-19-16-21-12-3-4-20-15(23)9(13(12)22-16)5-8-6-10(17)14(24-2)11(18)7-8/h3-4,6-7H,5H2,1-2H3,(H,20,23)(H,19,21,22). The number of ether oxygens (including phenoxy) is 1. The van der Waals surface area contributed by atoms with Crippen LogP contribution >= 0.6 is 31.9 Å². The number of anilines is 1. The molecule has 0 spiro atoms. The van der Waals surface area contributed by atoms with E-state index in [1.807, 2.05) is 12.1 Å². The lowest BCUT2D eigenvalue weighted by molar-refractivity contribution is 0.409. The lowest BCUT2D eigenvalue weighted by Crippen LogP contribution is -2.11. The van der Waals surface area contributed by atoms with Gasteiger partial charge in [-0.25, -0.2) is 9.97 Å². The maximum absolute atomic E-state index is 12.4. The molecule has 124 valence electrons. The van der Waals surface area contributed by atoms with Gasteiger partial charge in [0.15, 0.2) is 0 Å². The smallest absolute Gasteiger partial charge is 0.253 e. The number of hydrogen-bond donors (Lipinski definition) is 2. The summed E-state index contributed by atoms with van der Waals surface area (Å²) in [6.45, 7) is 0. The molecule has 2 N–H and O–H groups in total. The van der Waals surface area contributed by atoms with Gasteiger partial charge >= 0.3 is 0 Å². The Kier molecular flexibility index (Phi) is 4.86. The zero-order chi connectivity index (χ0) is 17.3. The van der Waals surface area contributed by atoms with Crippen molar-refractivity contribution < 1.29 is 4.74 Å². The number of aromatic amines is 1. The summed E-state index contributed by atoms with van der Waals surface area (Å²) in [6.07, 6.45) is 2.01. The first-order valence-electron chi connectivity index (χ1n) is 7.11. The number of H-pyrrole nitrogens is 1. The lowest BCUT2D eigenvalue weighted by Gasteiger charge is -2.09. The van der Waals surface area contributed by atoms with Gasteiger partial charge in [-0.1, -0.05) is 0 Å². The van der Waals surface area contributed by atoms with E-state index in [1.165, 1.54) is 0 Å². The summed E-state index contributed by atoms with van der Waals surface area (Å²) in [6, 6.07) is 5.60. The van der Waals surface area contributed by atoms with Gasteiger partial charge in [-0.05, 0) is 55.6 Å². The Hall–Kier alpha value is -1.93. The molecule has 0 unspecified atom stereocenters. The second-order valence-electron chi connectivity index (χ2n) is 5.09. The molecule has 1 aromatic rings. The Morgan fingerprint density at radius 1 is 1.25 bits per heavy atom. The van der Waals surface area contributed by atoms with Crippen LogP contribution in [0.15, 0.2) is 38.1 Å².